The number of carbonyl (C=O) groups excluding carboxylic acids is 1. The molecule has 0 heterocycles. The van der Waals surface area contributed by atoms with E-state index in [2.05, 4.69) is 5.32 Å². The summed E-state index contributed by atoms with van der Waals surface area (Å²) in [7, 11) is 1.39. The minimum Gasteiger partial charge on any atom is -0.355 e. The van der Waals surface area contributed by atoms with Crippen LogP contribution in [0.25, 0.3) is 0 Å². The monoisotopic (exact) mass is 205 g/mol. The molecule has 0 saturated carbocycles. The summed E-state index contributed by atoms with van der Waals surface area (Å²) in [4.78, 5) is 21.2. The van der Waals surface area contributed by atoms with Crippen LogP contribution in [-0.2, 0) is 0 Å². The molecule has 0 radical (unpaired) electrons. The second kappa shape index (κ2) is 4.19. The van der Waals surface area contributed by atoms with E-state index in [0.29, 0.717) is 0 Å². The molecule has 1 N–H and O–H groups in total. The average Bonchev–Trinajstić information content (AvgIpc) is 2.26. The number of nitriles is 1. The third-order valence-corrected chi connectivity index (χ3v) is 1.82. The van der Waals surface area contributed by atoms with Gasteiger partial charge in [-0.05, 0) is 6.07 Å². The van der Waals surface area contributed by atoms with Crippen molar-refractivity contribution in [3.8, 4) is 6.07 Å². The first-order chi connectivity index (χ1) is 7.11. The normalized spacial score (nSPS) is 9.07. The maximum Gasteiger partial charge on any atom is 0.287 e. The first kappa shape index (κ1) is 10.7. The molecule has 0 aliphatic carbocycles. The number of nitrogens with zero attached hydrogens (tertiary/aromatic N) is 2. The van der Waals surface area contributed by atoms with Crippen LogP contribution in [0, 0.1) is 21.4 Å². The Bertz CT molecular complexity index is 462. The van der Waals surface area contributed by atoms with Crippen LogP contribution < -0.4 is 5.32 Å². The van der Waals surface area contributed by atoms with Gasteiger partial charge in [-0.25, -0.2) is 0 Å². The largest absolute Gasteiger partial charge is 0.355 e. The van der Waals surface area contributed by atoms with E-state index in [1.54, 1.807) is 6.07 Å². The van der Waals surface area contributed by atoms with Crippen molar-refractivity contribution >= 4 is 11.6 Å². The highest BCUT2D eigenvalue weighted by Crippen LogP contribution is 2.20. The molecule has 0 aromatic heterocycles. The van der Waals surface area contributed by atoms with Gasteiger partial charge < -0.3 is 5.32 Å². The standard InChI is InChI=1S/C9H7N3O3/c1-11-9(13)6-3-2-4-8(12(14)15)7(6)5-10/h2-4H,1H3,(H,11,13). The summed E-state index contributed by atoms with van der Waals surface area (Å²) >= 11 is 0. The Labute approximate surface area is 85.3 Å². The van der Waals surface area contributed by atoms with Crippen LogP contribution in [-0.4, -0.2) is 17.9 Å². The molecule has 1 aromatic carbocycles. The van der Waals surface area contributed by atoms with Crippen LogP contribution in [0.5, 0.6) is 0 Å². The van der Waals surface area contributed by atoms with E-state index in [4.69, 9.17) is 5.26 Å². The maximum atomic E-state index is 11.3. The summed E-state index contributed by atoms with van der Waals surface area (Å²) in [6.45, 7) is 0. The number of nitro groups is 1. The number of rotatable bonds is 2. The van der Waals surface area contributed by atoms with Gasteiger partial charge in [-0.3, -0.25) is 14.9 Å². The Morgan fingerprint density at radius 2 is 2.27 bits per heavy atom. The first-order valence-electron chi connectivity index (χ1n) is 4.01. The van der Waals surface area contributed by atoms with Crippen molar-refractivity contribution in [3.05, 3.63) is 39.4 Å². The lowest BCUT2D eigenvalue weighted by molar-refractivity contribution is -0.385. The van der Waals surface area contributed by atoms with Crippen LogP contribution in [0.3, 0.4) is 0 Å². The summed E-state index contributed by atoms with van der Waals surface area (Å²) < 4.78 is 0. The molecular weight excluding hydrogens is 198 g/mol. The molecule has 0 bridgehead atoms. The maximum absolute atomic E-state index is 11.3. The Balaban J connectivity index is 3.43. The number of hydrogen-bond donors (Lipinski definition) is 1. The van der Waals surface area contributed by atoms with Crippen molar-refractivity contribution in [3.63, 3.8) is 0 Å². The average molecular weight is 205 g/mol. The van der Waals surface area contributed by atoms with E-state index >= 15 is 0 Å². The molecule has 0 saturated heterocycles. The van der Waals surface area contributed by atoms with Crippen molar-refractivity contribution in [2.75, 3.05) is 7.05 Å². The molecular formula is C9H7N3O3. The van der Waals surface area contributed by atoms with Gasteiger partial charge in [-0.15, -0.1) is 0 Å². The van der Waals surface area contributed by atoms with E-state index in [1.165, 1.54) is 25.2 Å². The zero-order valence-corrected chi connectivity index (χ0v) is 7.85. The fourth-order valence-corrected chi connectivity index (χ4v) is 1.13. The molecule has 0 aliphatic heterocycles. The summed E-state index contributed by atoms with van der Waals surface area (Å²) in [6, 6.07) is 5.57. The Hall–Kier alpha value is -2.42. The number of hydrogen-bond acceptors (Lipinski definition) is 4. The van der Waals surface area contributed by atoms with Gasteiger partial charge in [0.15, 0.2) is 0 Å². The fourth-order valence-electron chi connectivity index (χ4n) is 1.13. The SMILES string of the molecule is CNC(=O)c1cccc([N+](=O)[O-])c1C#N. The van der Waals surface area contributed by atoms with E-state index < -0.39 is 10.8 Å². The van der Waals surface area contributed by atoms with Gasteiger partial charge in [-0.1, -0.05) is 6.07 Å². The number of carbonyl (C=O) groups is 1. The smallest absolute Gasteiger partial charge is 0.287 e. The van der Waals surface area contributed by atoms with Gasteiger partial charge in [0.25, 0.3) is 11.6 Å². The topological polar surface area (TPSA) is 96.0 Å². The summed E-state index contributed by atoms with van der Waals surface area (Å²) in [6.07, 6.45) is 0. The zero-order chi connectivity index (χ0) is 11.4. The van der Waals surface area contributed by atoms with E-state index in [1.807, 2.05) is 0 Å². The number of amides is 1. The van der Waals surface area contributed by atoms with Gasteiger partial charge in [-0.2, -0.15) is 5.26 Å². The third kappa shape index (κ3) is 1.91. The summed E-state index contributed by atoms with van der Waals surface area (Å²) in [5.41, 5.74) is -0.574. The number of nitro benzene ring substituents is 1. The van der Waals surface area contributed by atoms with Crippen molar-refractivity contribution < 1.29 is 9.72 Å². The molecule has 0 spiro atoms. The minimum absolute atomic E-state index is 0.00852. The Kier molecular flexibility index (Phi) is 2.98. The highest BCUT2D eigenvalue weighted by molar-refractivity contribution is 5.97. The molecule has 6 nitrogen and oxygen atoms in total. The van der Waals surface area contributed by atoms with Gasteiger partial charge in [0.2, 0.25) is 0 Å². The molecule has 1 aromatic rings. The van der Waals surface area contributed by atoms with Crippen molar-refractivity contribution in [2.24, 2.45) is 0 Å². The van der Waals surface area contributed by atoms with Crippen LogP contribution in [0.4, 0.5) is 5.69 Å². The lowest BCUT2D eigenvalue weighted by Gasteiger charge is -2.02. The van der Waals surface area contributed by atoms with E-state index in [9.17, 15) is 14.9 Å². The minimum atomic E-state index is -0.689. The van der Waals surface area contributed by atoms with Gasteiger partial charge in [0, 0.05) is 13.1 Å². The Morgan fingerprint density at radius 3 is 2.73 bits per heavy atom. The van der Waals surface area contributed by atoms with Crippen molar-refractivity contribution in [1.29, 1.82) is 5.26 Å². The van der Waals surface area contributed by atoms with Crippen LogP contribution >= 0.6 is 0 Å². The first-order valence-corrected chi connectivity index (χ1v) is 4.01. The predicted octanol–water partition coefficient (Wildman–Crippen LogP) is 0.826. The molecule has 0 atom stereocenters. The van der Waals surface area contributed by atoms with Crippen molar-refractivity contribution in [1.82, 2.24) is 5.32 Å². The molecule has 6 heteroatoms. The van der Waals surface area contributed by atoms with Crippen LogP contribution in [0.1, 0.15) is 15.9 Å². The molecule has 1 rings (SSSR count). The summed E-state index contributed by atoms with van der Waals surface area (Å²) in [5.74, 6) is -0.518. The van der Waals surface area contributed by atoms with Crippen molar-refractivity contribution in [2.45, 2.75) is 0 Å². The molecule has 1 amide bonds. The third-order valence-electron chi connectivity index (χ3n) is 1.82. The van der Waals surface area contributed by atoms with E-state index in [0.717, 1.165) is 0 Å². The molecule has 0 aliphatic rings. The second-order valence-corrected chi connectivity index (χ2v) is 2.65. The lowest BCUT2D eigenvalue weighted by atomic mass is 10.1. The van der Waals surface area contributed by atoms with Crippen LogP contribution in [0.15, 0.2) is 18.2 Å². The molecule has 0 fully saturated rings. The second-order valence-electron chi connectivity index (χ2n) is 2.65. The highest BCUT2D eigenvalue weighted by atomic mass is 16.6. The number of nitrogens with one attached hydrogen (secondary N) is 1. The van der Waals surface area contributed by atoms with Gasteiger partial charge >= 0.3 is 0 Å². The molecule has 15 heavy (non-hydrogen) atoms. The quantitative estimate of drug-likeness (QED) is 0.571. The van der Waals surface area contributed by atoms with E-state index in [-0.39, 0.29) is 16.8 Å². The zero-order valence-electron chi connectivity index (χ0n) is 7.85. The number of benzene rings is 1. The Morgan fingerprint density at radius 1 is 1.60 bits per heavy atom. The predicted molar refractivity (Wildman–Crippen MR) is 51.2 cm³/mol. The van der Waals surface area contributed by atoms with Gasteiger partial charge in [0.1, 0.15) is 11.6 Å². The lowest BCUT2D eigenvalue weighted by Crippen LogP contribution is -2.19. The molecule has 0 unspecified atom stereocenters. The van der Waals surface area contributed by atoms with Crippen LogP contribution in [0.2, 0.25) is 0 Å². The molecule has 76 valence electrons. The highest BCUT2D eigenvalue weighted by Gasteiger charge is 2.20. The summed E-state index contributed by atoms with van der Waals surface area (Å²) in [5, 5.41) is 21.6. The fraction of sp³-hybridized carbons (Fsp3) is 0.111. The van der Waals surface area contributed by atoms with Gasteiger partial charge in [0.05, 0.1) is 10.5 Å².